The Hall–Kier alpha value is 0.340. The van der Waals surface area contributed by atoms with Crippen molar-refractivity contribution in [2.75, 3.05) is 0 Å². The lowest BCUT2D eigenvalue weighted by molar-refractivity contribution is 1.13. The molecule has 0 spiro atoms. The van der Waals surface area contributed by atoms with Crippen LogP contribution in [0.15, 0.2) is 10.2 Å². The first kappa shape index (κ1) is 4.50. The lowest BCUT2D eigenvalue weighted by Gasteiger charge is -1.77. The van der Waals surface area contributed by atoms with E-state index >= 15 is 0 Å². The van der Waals surface area contributed by atoms with Crippen molar-refractivity contribution in [1.82, 2.24) is 0 Å². The van der Waals surface area contributed by atoms with Gasteiger partial charge in [0.15, 0.2) is 0 Å². The molecule has 0 N–H and O–H groups in total. The van der Waals surface area contributed by atoms with Crippen molar-refractivity contribution in [2.45, 2.75) is 12.8 Å². The highest BCUT2D eigenvalue weighted by Gasteiger charge is 1.92. The fraction of sp³-hybridized carbons (Fsp3) is 0.400. The zero-order chi connectivity index (χ0) is 4.41. The Bertz CT molecular complexity index is 92.1. The molecule has 0 amide bonds. The van der Waals surface area contributed by atoms with E-state index < -0.39 is 0 Å². The summed E-state index contributed by atoms with van der Waals surface area (Å²) >= 11 is 0.360. The standard InChI is InChI=1S/C5H7I/c1-5-3-2-4-6-5/h4H,1-3H2. The predicted molar refractivity (Wildman–Crippen MR) is 38.5 cm³/mol. The van der Waals surface area contributed by atoms with Gasteiger partial charge in [-0.1, -0.05) is 31.3 Å². The highest BCUT2D eigenvalue weighted by atomic mass is 127. The SMILES string of the molecule is C=C1CCC=I1. The summed E-state index contributed by atoms with van der Waals surface area (Å²) in [6, 6.07) is 0. The van der Waals surface area contributed by atoms with Gasteiger partial charge in [-0.3, -0.25) is 0 Å². The third kappa shape index (κ3) is 0.899. The molecule has 0 fully saturated rings. The number of hydrogen-bond donors (Lipinski definition) is 0. The number of halogens is 1. The van der Waals surface area contributed by atoms with Crippen molar-refractivity contribution in [3.63, 3.8) is 0 Å². The molecule has 1 rings (SSSR count). The summed E-state index contributed by atoms with van der Waals surface area (Å²) in [7, 11) is 0. The van der Waals surface area contributed by atoms with Gasteiger partial charge in [0.2, 0.25) is 0 Å². The largest absolute Gasteiger partial charge is 0.0952 e. The minimum Gasteiger partial charge on any atom is -0.0952 e. The summed E-state index contributed by atoms with van der Waals surface area (Å²) in [6.07, 6.45) is 2.60. The van der Waals surface area contributed by atoms with Crippen molar-refractivity contribution in [3.8, 4) is 0 Å². The van der Waals surface area contributed by atoms with Gasteiger partial charge in [-0.25, -0.2) is 0 Å². The van der Waals surface area contributed by atoms with E-state index in [9.17, 15) is 0 Å². The van der Waals surface area contributed by atoms with Crippen LogP contribution in [0.5, 0.6) is 0 Å². The maximum absolute atomic E-state index is 3.87. The molecule has 0 aromatic carbocycles. The first-order valence-electron chi connectivity index (χ1n) is 2.02. The van der Waals surface area contributed by atoms with Gasteiger partial charge in [0.05, 0.1) is 0 Å². The van der Waals surface area contributed by atoms with E-state index in [0.717, 1.165) is 0 Å². The fourth-order valence-corrected chi connectivity index (χ4v) is 2.30. The molecule has 0 saturated carbocycles. The second kappa shape index (κ2) is 1.87. The summed E-state index contributed by atoms with van der Waals surface area (Å²) in [5.41, 5.74) is 0. The molecular weight excluding hydrogens is 187 g/mol. The Morgan fingerprint density at radius 3 is 2.83 bits per heavy atom. The van der Waals surface area contributed by atoms with Crippen LogP contribution in [0.2, 0.25) is 0 Å². The second-order valence-electron chi connectivity index (χ2n) is 1.32. The first-order valence-corrected chi connectivity index (χ1v) is 4.35. The molecule has 1 heteroatoms. The first-order chi connectivity index (χ1) is 2.89. The third-order valence-corrected chi connectivity index (χ3v) is 3.24. The molecule has 0 atom stereocenters. The third-order valence-electron chi connectivity index (χ3n) is 0.756. The Morgan fingerprint density at radius 1 is 1.83 bits per heavy atom. The van der Waals surface area contributed by atoms with Crippen LogP contribution in [0.1, 0.15) is 12.8 Å². The van der Waals surface area contributed by atoms with Crippen LogP contribution < -0.4 is 0 Å². The van der Waals surface area contributed by atoms with E-state index in [-0.39, 0.29) is 0 Å². The van der Waals surface area contributed by atoms with E-state index in [2.05, 4.69) is 10.6 Å². The van der Waals surface area contributed by atoms with Crippen molar-refractivity contribution < 1.29 is 0 Å². The van der Waals surface area contributed by atoms with E-state index in [1.165, 1.54) is 16.4 Å². The minimum atomic E-state index is 0.360. The Kier molecular flexibility index (Phi) is 1.40. The maximum atomic E-state index is 3.87. The molecular formula is C5H7I. The Morgan fingerprint density at radius 2 is 2.67 bits per heavy atom. The molecule has 0 radical (unpaired) electrons. The van der Waals surface area contributed by atoms with Crippen molar-refractivity contribution in [1.29, 1.82) is 0 Å². The molecule has 0 aliphatic carbocycles. The number of rotatable bonds is 0. The van der Waals surface area contributed by atoms with E-state index in [4.69, 9.17) is 0 Å². The van der Waals surface area contributed by atoms with Crippen LogP contribution >= 0.6 is 20.7 Å². The zero-order valence-electron chi connectivity index (χ0n) is 3.58. The van der Waals surface area contributed by atoms with Crippen molar-refractivity contribution >= 4 is 24.7 Å². The minimum absolute atomic E-state index is 0.360. The Balaban J connectivity index is 2.59. The molecule has 0 saturated heterocycles. The lowest BCUT2D eigenvalue weighted by atomic mass is 10.3. The van der Waals surface area contributed by atoms with Crippen LogP contribution in [0.4, 0.5) is 0 Å². The summed E-state index contributed by atoms with van der Waals surface area (Å²) in [4.78, 5) is 0. The van der Waals surface area contributed by atoms with Gasteiger partial charge in [-0.05, 0) is 16.4 Å². The highest BCUT2D eigenvalue weighted by molar-refractivity contribution is 14.2. The molecule has 0 aromatic rings. The molecule has 1 aliphatic heterocycles. The predicted octanol–water partition coefficient (Wildman–Crippen LogP) is 2.07. The molecule has 0 nitrogen and oxygen atoms in total. The zero-order valence-corrected chi connectivity index (χ0v) is 5.73. The van der Waals surface area contributed by atoms with Crippen LogP contribution in [-0.2, 0) is 0 Å². The maximum Gasteiger partial charge on any atom is -0.0191 e. The van der Waals surface area contributed by atoms with Crippen LogP contribution in [-0.4, -0.2) is 4.01 Å². The van der Waals surface area contributed by atoms with Crippen molar-refractivity contribution in [3.05, 3.63) is 10.2 Å². The van der Waals surface area contributed by atoms with E-state index in [0.29, 0.717) is 20.7 Å². The van der Waals surface area contributed by atoms with Gasteiger partial charge < -0.3 is 0 Å². The molecule has 1 aliphatic rings. The molecule has 0 bridgehead atoms. The molecule has 34 valence electrons. The number of hydrogen-bond acceptors (Lipinski definition) is 0. The van der Waals surface area contributed by atoms with Gasteiger partial charge in [0.25, 0.3) is 0 Å². The second-order valence-corrected chi connectivity index (χ2v) is 4.35. The van der Waals surface area contributed by atoms with Gasteiger partial charge in [0.1, 0.15) is 0 Å². The average molecular weight is 194 g/mol. The summed E-state index contributed by atoms with van der Waals surface area (Å²) < 4.78 is 3.90. The van der Waals surface area contributed by atoms with E-state index in [1.807, 2.05) is 0 Å². The quantitative estimate of drug-likeness (QED) is 0.517. The smallest absolute Gasteiger partial charge is 0.0191 e. The van der Waals surface area contributed by atoms with Crippen LogP contribution in [0.25, 0.3) is 0 Å². The highest BCUT2D eigenvalue weighted by Crippen LogP contribution is 2.23. The summed E-state index contributed by atoms with van der Waals surface area (Å²) in [5.74, 6) is 0. The number of allylic oxidation sites excluding steroid dienone is 1. The van der Waals surface area contributed by atoms with Gasteiger partial charge in [-0.15, -0.1) is 0 Å². The molecule has 1 heterocycles. The van der Waals surface area contributed by atoms with Crippen LogP contribution in [0, 0.1) is 0 Å². The molecule has 6 heavy (non-hydrogen) atoms. The average Bonchev–Trinajstić information content (AvgIpc) is 1.86. The molecule has 0 aromatic heterocycles. The summed E-state index contributed by atoms with van der Waals surface area (Å²) in [6.45, 7) is 3.87. The van der Waals surface area contributed by atoms with Crippen molar-refractivity contribution in [2.24, 2.45) is 0 Å². The topological polar surface area (TPSA) is 0 Å². The molecule has 0 unspecified atom stereocenters. The van der Waals surface area contributed by atoms with Gasteiger partial charge in [0, 0.05) is 0 Å². The fourth-order valence-electron chi connectivity index (χ4n) is 0.429. The monoisotopic (exact) mass is 194 g/mol. The Labute approximate surface area is 48.0 Å². The normalized spacial score (nSPS) is 21.0. The summed E-state index contributed by atoms with van der Waals surface area (Å²) in [5, 5.41) is 0. The van der Waals surface area contributed by atoms with Gasteiger partial charge in [-0.2, -0.15) is 0 Å². The van der Waals surface area contributed by atoms with Gasteiger partial charge >= 0.3 is 0 Å². The van der Waals surface area contributed by atoms with E-state index in [1.54, 1.807) is 0 Å². The van der Waals surface area contributed by atoms with Crippen LogP contribution in [0.3, 0.4) is 0 Å². The lowest BCUT2D eigenvalue weighted by Crippen LogP contribution is -1.59.